The molecule has 0 radical (unpaired) electrons. The molecule has 19 heavy (non-hydrogen) atoms. The number of carboxylic acid groups (broad SMARTS) is 1. The summed E-state index contributed by atoms with van der Waals surface area (Å²) in [5.74, 6) is -0.783. The molecule has 0 aromatic carbocycles. The lowest BCUT2D eigenvalue weighted by Crippen LogP contribution is -2.48. The van der Waals surface area contributed by atoms with Crippen LogP contribution in [0.5, 0.6) is 0 Å². The van der Waals surface area contributed by atoms with Gasteiger partial charge in [-0.3, -0.25) is 4.79 Å². The molecule has 3 N–H and O–H groups in total. The minimum Gasteiger partial charge on any atom is -0.481 e. The Morgan fingerprint density at radius 2 is 2.00 bits per heavy atom. The van der Waals surface area contributed by atoms with E-state index in [1.807, 2.05) is 11.8 Å². The van der Waals surface area contributed by atoms with Crippen molar-refractivity contribution in [2.75, 3.05) is 12.8 Å². The zero-order valence-corrected chi connectivity index (χ0v) is 12.3. The number of unbranched alkanes of at least 4 members (excludes halogenated alkanes) is 1. The second-order valence-electron chi connectivity index (χ2n) is 4.92. The highest BCUT2D eigenvalue weighted by Gasteiger charge is 2.25. The van der Waals surface area contributed by atoms with Crippen molar-refractivity contribution < 1.29 is 14.7 Å². The van der Waals surface area contributed by atoms with Gasteiger partial charge in [-0.05, 0) is 31.9 Å². The molecular weight excluding hydrogens is 264 g/mol. The van der Waals surface area contributed by atoms with Crippen LogP contribution in [0.4, 0.5) is 4.79 Å². The first-order valence-electron chi connectivity index (χ1n) is 6.92. The summed E-state index contributed by atoms with van der Waals surface area (Å²) in [6.45, 7) is 0.537. The van der Waals surface area contributed by atoms with E-state index in [1.54, 1.807) is 0 Å². The molecule has 2 atom stereocenters. The molecule has 1 fully saturated rings. The fourth-order valence-electron chi connectivity index (χ4n) is 2.37. The average Bonchev–Trinajstić information content (AvgIpc) is 2.38. The topological polar surface area (TPSA) is 78.4 Å². The molecule has 0 aromatic heterocycles. The number of carboxylic acids is 1. The highest BCUT2D eigenvalue weighted by molar-refractivity contribution is 7.99. The Morgan fingerprint density at radius 3 is 2.68 bits per heavy atom. The van der Waals surface area contributed by atoms with Crippen molar-refractivity contribution in [2.45, 2.75) is 56.2 Å². The third-order valence-corrected chi connectivity index (χ3v) is 4.59. The maximum absolute atomic E-state index is 11.7. The van der Waals surface area contributed by atoms with E-state index in [-0.39, 0.29) is 18.5 Å². The van der Waals surface area contributed by atoms with Crippen molar-refractivity contribution in [1.82, 2.24) is 10.6 Å². The lowest BCUT2D eigenvalue weighted by Gasteiger charge is -2.30. The summed E-state index contributed by atoms with van der Waals surface area (Å²) in [6, 6.07) is 0.143. The Kier molecular flexibility index (Phi) is 7.70. The molecule has 0 heterocycles. The lowest BCUT2D eigenvalue weighted by atomic mass is 9.95. The Balaban J connectivity index is 2.14. The van der Waals surface area contributed by atoms with Crippen LogP contribution in [0.1, 0.15) is 44.9 Å². The van der Waals surface area contributed by atoms with Crippen LogP contribution in [0.2, 0.25) is 0 Å². The van der Waals surface area contributed by atoms with E-state index in [0.717, 1.165) is 6.42 Å². The van der Waals surface area contributed by atoms with E-state index in [2.05, 4.69) is 16.9 Å². The minimum absolute atomic E-state index is 0.124. The molecule has 1 aliphatic rings. The molecule has 0 aromatic rings. The molecular formula is C13H24N2O3S. The summed E-state index contributed by atoms with van der Waals surface area (Å²) in [6.07, 6.45) is 8.22. The zero-order valence-electron chi connectivity index (χ0n) is 11.5. The fourth-order valence-corrected chi connectivity index (χ4v) is 3.30. The quantitative estimate of drug-likeness (QED) is 0.628. The number of carbonyl (C=O) groups excluding carboxylic acids is 1. The summed E-state index contributed by atoms with van der Waals surface area (Å²) >= 11 is 1.82. The first-order valence-corrected chi connectivity index (χ1v) is 8.21. The predicted octanol–water partition coefficient (Wildman–Crippen LogP) is 2.21. The van der Waals surface area contributed by atoms with Crippen LogP contribution in [0.25, 0.3) is 0 Å². The smallest absolute Gasteiger partial charge is 0.315 e. The highest BCUT2D eigenvalue weighted by atomic mass is 32.2. The monoisotopic (exact) mass is 288 g/mol. The van der Waals surface area contributed by atoms with Gasteiger partial charge in [0.05, 0.1) is 0 Å². The number of hydrogen-bond donors (Lipinski definition) is 3. The normalized spacial score (nSPS) is 22.8. The number of amides is 2. The summed E-state index contributed by atoms with van der Waals surface area (Å²) in [5, 5.41) is 14.8. The van der Waals surface area contributed by atoms with Crippen molar-refractivity contribution in [1.29, 1.82) is 0 Å². The Morgan fingerprint density at radius 1 is 1.26 bits per heavy atom. The molecule has 1 saturated carbocycles. The van der Waals surface area contributed by atoms with Crippen LogP contribution >= 0.6 is 11.8 Å². The van der Waals surface area contributed by atoms with Gasteiger partial charge in [0.2, 0.25) is 0 Å². The predicted molar refractivity (Wildman–Crippen MR) is 77.6 cm³/mol. The van der Waals surface area contributed by atoms with Crippen LogP contribution in [0, 0.1) is 0 Å². The number of urea groups is 1. The summed E-state index contributed by atoms with van der Waals surface area (Å²) in [7, 11) is 0. The van der Waals surface area contributed by atoms with Gasteiger partial charge in [0, 0.05) is 24.3 Å². The maximum atomic E-state index is 11.7. The van der Waals surface area contributed by atoms with Crippen LogP contribution < -0.4 is 10.6 Å². The molecule has 2 amide bonds. The van der Waals surface area contributed by atoms with E-state index in [4.69, 9.17) is 5.11 Å². The molecule has 0 saturated heterocycles. The molecule has 1 rings (SSSR count). The standard InChI is InChI=1S/C13H24N2O3S/c1-19-11-7-3-2-6-10(11)15-13(18)14-9-5-4-8-12(16)17/h10-11H,2-9H2,1H3,(H,16,17)(H2,14,15,18). The fraction of sp³-hybridized carbons (Fsp3) is 0.846. The van der Waals surface area contributed by atoms with Gasteiger partial charge in [-0.25, -0.2) is 4.79 Å². The molecule has 0 bridgehead atoms. The third-order valence-electron chi connectivity index (χ3n) is 3.42. The summed E-state index contributed by atoms with van der Waals surface area (Å²) in [4.78, 5) is 22.0. The molecule has 2 unspecified atom stereocenters. The van der Waals surface area contributed by atoms with Gasteiger partial charge in [-0.2, -0.15) is 11.8 Å². The first kappa shape index (κ1) is 16.1. The molecule has 1 aliphatic carbocycles. The highest BCUT2D eigenvalue weighted by Crippen LogP contribution is 2.26. The van der Waals surface area contributed by atoms with Crippen LogP contribution in [0.15, 0.2) is 0 Å². The number of rotatable bonds is 7. The van der Waals surface area contributed by atoms with E-state index in [1.165, 1.54) is 19.3 Å². The van der Waals surface area contributed by atoms with E-state index in [0.29, 0.717) is 24.6 Å². The van der Waals surface area contributed by atoms with Gasteiger partial charge >= 0.3 is 12.0 Å². The van der Waals surface area contributed by atoms with Crippen LogP contribution in [-0.2, 0) is 4.79 Å². The number of aliphatic carboxylic acids is 1. The maximum Gasteiger partial charge on any atom is 0.315 e. The SMILES string of the molecule is CSC1CCCCC1NC(=O)NCCCCC(=O)O. The lowest BCUT2D eigenvalue weighted by molar-refractivity contribution is -0.137. The third kappa shape index (κ3) is 6.71. The number of carbonyl (C=O) groups is 2. The molecule has 6 heteroatoms. The van der Waals surface area contributed by atoms with Crippen molar-refractivity contribution in [3.05, 3.63) is 0 Å². The number of thioether (sulfide) groups is 1. The zero-order chi connectivity index (χ0) is 14.1. The van der Waals surface area contributed by atoms with Crippen molar-refractivity contribution >= 4 is 23.8 Å². The molecule has 110 valence electrons. The second kappa shape index (κ2) is 9.07. The molecule has 0 spiro atoms. The Hall–Kier alpha value is -0.910. The van der Waals surface area contributed by atoms with Gasteiger partial charge in [0.15, 0.2) is 0 Å². The van der Waals surface area contributed by atoms with Crippen LogP contribution in [-0.4, -0.2) is 41.2 Å². The Bertz CT molecular complexity index is 300. The van der Waals surface area contributed by atoms with E-state index >= 15 is 0 Å². The first-order chi connectivity index (χ1) is 9.13. The summed E-state index contributed by atoms with van der Waals surface area (Å²) < 4.78 is 0. The van der Waals surface area contributed by atoms with Crippen molar-refractivity contribution in [3.8, 4) is 0 Å². The van der Waals surface area contributed by atoms with Gasteiger partial charge < -0.3 is 15.7 Å². The van der Waals surface area contributed by atoms with Gasteiger partial charge in [-0.1, -0.05) is 12.8 Å². The molecule has 5 nitrogen and oxygen atoms in total. The van der Waals surface area contributed by atoms with Gasteiger partial charge in [0.1, 0.15) is 0 Å². The number of nitrogens with one attached hydrogen (secondary N) is 2. The van der Waals surface area contributed by atoms with Gasteiger partial charge in [-0.15, -0.1) is 0 Å². The van der Waals surface area contributed by atoms with E-state index < -0.39 is 5.97 Å². The van der Waals surface area contributed by atoms with Crippen molar-refractivity contribution in [3.63, 3.8) is 0 Å². The minimum atomic E-state index is -0.783. The average molecular weight is 288 g/mol. The van der Waals surface area contributed by atoms with Crippen molar-refractivity contribution in [2.24, 2.45) is 0 Å². The van der Waals surface area contributed by atoms with Gasteiger partial charge in [0.25, 0.3) is 0 Å². The van der Waals surface area contributed by atoms with Crippen LogP contribution in [0.3, 0.4) is 0 Å². The largest absolute Gasteiger partial charge is 0.481 e. The number of hydrogen-bond acceptors (Lipinski definition) is 3. The second-order valence-corrected chi connectivity index (χ2v) is 5.99. The Labute approximate surface area is 118 Å². The molecule has 0 aliphatic heterocycles. The van der Waals surface area contributed by atoms with E-state index in [9.17, 15) is 9.59 Å². The summed E-state index contributed by atoms with van der Waals surface area (Å²) in [5.41, 5.74) is 0.